The lowest BCUT2D eigenvalue weighted by Gasteiger charge is -2.59. The minimum absolute atomic E-state index is 0.00184. The molecule has 2 N–H and O–H groups in total. The van der Waals surface area contributed by atoms with Crippen molar-refractivity contribution in [2.75, 3.05) is 27.1 Å². The smallest absolute Gasteiger partial charge is 0.312 e. The van der Waals surface area contributed by atoms with Crippen LogP contribution in [0.1, 0.15) is 178 Å². The average molecular weight is 851 g/mol. The zero-order chi connectivity index (χ0) is 44.5. The third-order valence-electron chi connectivity index (χ3n) is 15.1. The van der Waals surface area contributed by atoms with E-state index < -0.39 is 28.6 Å². The van der Waals surface area contributed by atoms with Gasteiger partial charge in [-0.05, 0) is 149 Å². The monoisotopic (exact) mass is 851 g/mol. The van der Waals surface area contributed by atoms with Gasteiger partial charge in [0.05, 0.1) is 54.2 Å². The molecule has 8 fully saturated rings. The number of carbonyl (C=O) groups is 4. The molecule has 6 bridgehead atoms. The standard InChI is InChI=1S/C16H26O3.C15H24O3.C10H18O4.C7H14O2/c1-4-14(2,3)13(17)19-16-8-11-5-12(9-16)7-15(18,6-11)10-16;16-15(14-9-11-6-7-12(14)8-11)18-10-17-13-4-2-1-3-5-13;1-4-10(2,3)9(12)14-8-6-13-5-7(8)11;1-5-7(2,3)6(8)9-4/h11-12,18H,4-10H2,1-3H3;11-14H,1-10H2;7-8,11H,4-6H2,1-3H3;5H2,1-4H3. The lowest BCUT2D eigenvalue weighted by Crippen LogP contribution is -2.61. The van der Waals surface area contributed by atoms with Crippen LogP contribution in [-0.2, 0) is 47.6 Å². The van der Waals surface area contributed by atoms with Crippen LogP contribution in [0.5, 0.6) is 0 Å². The van der Waals surface area contributed by atoms with Crippen molar-refractivity contribution in [3.8, 4) is 0 Å². The molecule has 1 saturated heterocycles. The Morgan fingerprint density at radius 1 is 0.700 bits per heavy atom. The van der Waals surface area contributed by atoms with Crippen LogP contribution in [0.4, 0.5) is 0 Å². The molecule has 7 saturated carbocycles. The normalized spacial score (nSPS) is 33.0. The van der Waals surface area contributed by atoms with E-state index in [4.69, 9.17) is 23.7 Å². The van der Waals surface area contributed by atoms with Gasteiger partial charge in [-0.3, -0.25) is 19.2 Å². The van der Waals surface area contributed by atoms with E-state index in [2.05, 4.69) is 4.74 Å². The molecule has 346 valence electrons. The number of esters is 4. The minimum Gasteiger partial charge on any atom is -0.469 e. The van der Waals surface area contributed by atoms with Crippen molar-refractivity contribution in [3.05, 3.63) is 0 Å². The number of fused-ring (bicyclic) bond motifs is 2. The lowest BCUT2D eigenvalue weighted by molar-refractivity contribution is -0.225. The van der Waals surface area contributed by atoms with Gasteiger partial charge in [-0.25, -0.2) is 0 Å². The molecule has 0 amide bonds. The van der Waals surface area contributed by atoms with E-state index >= 15 is 0 Å². The largest absolute Gasteiger partial charge is 0.469 e. The second-order valence-electron chi connectivity index (χ2n) is 21.3. The predicted molar refractivity (Wildman–Crippen MR) is 227 cm³/mol. The summed E-state index contributed by atoms with van der Waals surface area (Å²) in [5.41, 5.74) is -2.12. The van der Waals surface area contributed by atoms with Gasteiger partial charge in [-0.1, -0.05) is 46.5 Å². The van der Waals surface area contributed by atoms with E-state index in [1.807, 2.05) is 62.3 Å². The maximum absolute atomic E-state index is 12.4. The van der Waals surface area contributed by atoms with Gasteiger partial charge >= 0.3 is 23.9 Å². The molecule has 0 spiro atoms. The van der Waals surface area contributed by atoms with Crippen molar-refractivity contribution in [3.63, 3.8) is 0 Å². The highest BCUT2D eigenvalue weighted by atomic mass is 16.7. The quantitative estimate of drug-likeness (QED) is 0.109. The molecule has 8 aliphatic rings. The number of aliphatic hydroxyl groups excluding tert-OH is 1. The summed E-state index contributed by atoms with van der Waals surface area (Å²) in [6, 6.07) is 0. The topological polar surface area (TPSA) is 164 Å². The molecular weight excluding hydrogens is 769 g/mol. The Kier molecular flexibility index (Phi) is 18.0. The highest BCUT2D eigenvalue weighted by Gasteiger charge is 2.59. The van der Waals surface area contributed by atoms with Crippen molar-refractivity contribution in [2.24, 2.45) is 45.8 Å². The summed E-state index contributed by atoms with van der Waals surface area (Å²) in [4.78, 5) is 46.8. The van der Waals surface area contributed by atoms with E-state index in [0.29, 0.717) is 36.9 Å². The Bertz CT molecular complexity index is 1400. The molecule has 0 aromatic carbocycles. The Morgan fingerprint density at radius 3 is 1.75 bits per heavy atom. The fourth-order valence-corrected chi connectivity index (χ4v) is 10.3. The maximum Gasteiger partial charge on any atom is 0.312 e. The molecule has 7 aliphatic carbocycles. The fraction of sp³-hybridized carbons (Fsp3) is 0.917. The Morgan fingerprint density at radius 2 is 1.28 bits per heavy atom. The van der Waals surface area contributed by atoms with Crippen molar-refractivity contribution in [2.45, 2.75) is 207 Å². The van der Waals surface area contributed by atoms with E-state index in [1.54, 1.807) is 0 Å². The van der Waals surface area contributed by atoms with Crippen molar-refractivity contribution >= 4 is 23.9 Å². The summed E-state index contributed by atoms with van der Waals surface area (Å²) >= 11 is 0. The fourth-order valence-electron chi connectivity index (χ4n) is 10.3. The van der Waals surface area contributed by atoms with E-state index in [0.717, 1.165) is 70.1 Å². The first kappa shape index (κ1) is 50.4. The summed E-state index contributed by atoms with van der Waals surface area (Å²) in [5, 5.41) is 20.0. The summed E-state index contributed by atoms with van der Waals surface area (Å²) in [6.45, 7) is 18.0. The highest BCUT2D eigenvalue weighted by Crippen LogP contribution is 2.59. The Hall–Kier alpha value is -2.28. The molecule has 0 aromatic rings. The zero-order valence-corrected chi connectivity index (χ0v) is 38.9. The highest BCUT2D eigenvalue weighted by molar-refractivity contribution is 5.77. The van der Waals surface area contributed by atoms with Gasteiger partial charge in [0.25, 0.3) is 0 Å². The number of hydrogen-bond donors (Lipinski definition) is 2. The van der Waals surface area contributed by atoms with E-state index in [-0.39, 0.29) is 54.2 Å². The molecule has 1 heterocycles. The Balaban J connectivity index is 0.000000183. The summed E-state index contributed by atoms with van der Waals surface area (Å²) in [7, 11) is 1.42. The molecule has 60 heavy (non-hydrogen) atoms. The van der Waals surface area contributed by atoms with E-state index in [1.165, 1.54) is 52.1 Å². The summed E-state index contributed by atoms with van der Waals surface area (Å²) in [6.07, 6.45) is 18.1. The molecule has 7 unspecified atom stereocenters. The van der Waals surface area contributed by atoms with Crippen LogP contribution in [0.3, 0.4) is 0 Å². The van der Waals surface area contributed by atoms with Gasteiger partial charge in [-0.2, -0.15) is 0 Å². The Labute approximate surface area is 361 Å². The molecule has 8 rings (SSSR count). The number of carbonyl (C=O) groups excluding carboxylic acids is 4. The van der Waals surface area contributed by atoms with Gasteiger partial charge in [0.15, 0.2) is 12.9 Å². The maximum atomic E-state index is 12.4. The molecule has 0 aromatic heterocycles. The van der Waals surface area contributed by atoms with Crippen LogP contribution in [-0.4, -0.2) is 90.7 Å². The number of aliphatic hydroxyl groups is 2. The first-order chi connectivity index (χ1) is 28.1. The minimum atomic E-state index is -0.674. The first-order valence-electron chi connectivity index (χ1n) is 23.4. The third kappa shape index (κ3) is 13.6. The van der Waals surface area contributed by atoms with E-state index in [9.17, 15) is 29.4 Å². The van der Waals surface area contributed by atoms with Gasteiger partial charge < -0.3 is 38.6 Å². The van der Waals surface area contributed by atoms with Crippen LogP contribution >= 0.6 is 0 Å². The summed E-state index contributed by atoms with van der Waals surface area (Å²) in [5.74, 6) is 2.22. The second-order valence-corrected chi connectivity index (χ2v) is 21.3. The zero-order valence-electron chi connectivity index (χ0n) is 38.9. The van der Waals surface area contributed by atoms with Gasteiger partial charge in [0, 0.05) is 6.42 Å². The van der Waals surface area contributed by atoms with Gasteiger partial charge in [0.1, 0.15) is 11.7 Å². The van der Waals surface area contributed by atoms with Crippen LogP contribution in [0, 0.1) is 45.8 Å². The summed E-state index contributed by atoms with van der Waals surface area (Å²) < 4.78 is 31.7. The number of methoxy groups -OCH3 is 1. The average Bonchev–Trinajstić information content (AvgIpc) is 3.95. The number of hydrogen-bond acceptors (Lipinski definition) is 12. The van der Waals surface area contributed by atoms with Gasteiger partial charge in [-0.15, -0.1) is 0 Å². The number of ether oxygens (including phenoxy) is 6. The van der Waals surface area contributed by atoms with Crippen LogP contribution in [0.2, 0.25) is 0 Å². The van der Waals surface area contributed by atoms with Crippen molar-refractivity contribution in [1.82, 2.24) is 0 Å². The van der Waals surface area contributed by atoms with Crippen molar-refractivity contribution in [1.29, 1.82) is 0 Å². The molecular formula is C48H82O12. The molecule has 12 nitrogen and oxygen atoms in total. The molecule has 7 atom stereocenters. The second kappa shape index (κ2) is 21.4. The molecule has 0 radical (unpaired) electrons. The predicted octanol–water partition coefficient (Wildman–Crippen LogP) is 8.64. The lowest BCUT2D eigenvalue weighted by atomic mass is 9.52. The van der Waals surface area contributed by atoms with Crippen molar-refractivity contribution < 1.29 is 57.8 Å². The molecule has 12 heteroatoms. The van der Waals surface area contributed by atoms with Gasteiger partial charge in [0.2, 0.25) is 0 Å². The first-order valence-corrected chi connectivity index (χ1v) is 23.4. The number of rotatable bonds is 12. The van der Waals surface area contributed by atoms with Crippen LogP contribution in [0.15, 0.2) is 0 Å². The van der Waals surface area contributed by atoms with Crippen LogP contribution in [0.25, 0.3) is 0 Å². The molecule has 1 aliphatic heterocycles. The SMILES string of the molecule is CCC(C)(C)C(=O)OC.CCC(C)(C)C(=O)OC12CC3CC(CC(O)(C3)C1)C2.CCC(C)(C)C(=O)OC1COCC1O.O=C(OCOC1CCCCC1)C1CC2CCC1C2. The van der Waals surface area contributed by atoms with Crippen LogP contribution < -0.4 is 0 Å². The third-order valence-corrected chi connectivity index (χ3v) is 15.1.